The number of fused-ring (bicyclic) bond motifs is 1. The van der Waals surface area contributed by atoms with E-state index in [2.05, 4.69) is 26.9 Å². The minimum absolute atomic E-state index is 0.0263. The van der Waals surface area contributed by atoms with Crippen molar-refractivity contribution in [2.24, 2.45) is 7.05 Å². The van der Waals surface area contributed by atoms with Crippen LogP contribution in [0.15, 0.2) is 30.3 Å². The lowest BCUT2D eigenvalue weighted by Crippen LogP contribution is -2.49. The molecule has 0 spiro atoms. The van der Waals surface area contributed by atoms with Crippen molar-refractivity contribution in [1.29, 1.82) is 5.26 Å². The highest BCUT2D eigenvalue weighted by atomic mass is 32.1. The maximum Gasteiger partial charge on any atom is 0.407 e. The Labute approximate surface area is 211 Å². The first-order chi connectivity index (χ1) is 16.6. The maximum atomic E-state index is 12.4. The van der Waals surface area contributed by atoms with Gasteiger partial charge >= 0.3 is 6.09 Å². The third-order valence-electron chi connectivity index (χ3n) is 6.14. The van der Waals surface area contributed by atoms with Gasteiger partial charge in [-0.05, 0) is 70.5 Å². The van der Waals surface area contributed by atoms with Crippen LogP contribution in [0, 0.1) is 23.0 Å². The highest BCUT2D eigenvalue weighted by Crippen LogP contribution is 2.31. The molecule has 1 aliphatic rings. The van der Waals surface area contributed by atoms with E-state index < -0.39 is 11.7 Å². The number of rotatable bonds is 4. The normalized spacial score (nSPS) is 16.2. The van der Waals surface area contributed by atoms with Crippen molar-refractivity contribution in [3.63, 3.8) is 0 Å². The Kier molecular flexibility index (Phi) is 6.86. The number of alkyl carbamates (subject to hydrolysis) is 1. The van der Waals surface area contributed by atoms with Gasteiger partial charge in [-0.2, -0.15) is 5.26 Å². The molecule has 1 aromatic carbocycles. The molecule has 2 aromatic heterocycles. The number of nitriles is 1. The van der Waals surface area contributed by atoms with Gasteiger partial charge in [0.05, 0.1) is 23.9 Å². The molecule has 8 nitrogen and oxygen atoms in total. The first kappa shape index (κ1) is 24.7. The van der Waals surface area contributed by atoms with Gasteiger partial charge in [-0.15, -0.1) is 0 Å². The zero-order valence-electron chi connectivity index (χ0n) is 21.0. The molecule has 4 rings (SSSR count). The predicted octanol–water partition coefficient (Wildman–Crippen LogP) is 4.83. The summed E-state index contributed by atoms with van der Waals surface area (Å²) in [4.78, 5) is 19.5. The summed E-state index contributed by atoms with van der Waals surface area (Å²) in [5.41, 5.74) is 4.68. The zero-order chi connectivity index (χ0) is 25.3. The molecular weight excluding hydrogens is 460 g/mol. The number of nitrogens with zero attached hydrogens (tertiary/aromatic N) is 5. The molecule has 1 N–H and O–H groups in total. The quantitative estimate of drug-likeness (QED) is 0.525. The van der Waals surface area contributed by atoms with E-state index in [4.69, 9.17) is 21.9 Å². The van der Waals surface area contributed by atoms with Gasteiger partial charge in [-0.1, -0.05) is 18.2 Å². The summed E-state index contributed by atoms with van der Waals surface area (Å²) in [7, 11) is 1.93. The number of imidazole rings is 1. The average Bonchev–Trinajstić information content (AvgIpc) is 3.02. The third kappa shape index (κ3) is 5.33. The standard InChI is InChI=1S/C26H32N6O2S/c1-17-13-21(31-12-8-11-20(16-31)29-24(33)34-26(2,3)4)22-23(28-17)30(5)25(35)32(22)15-19-10-7-6-9-18(19)14-27/h6-7,9-10,13,20H,8,11-12,15-16H2,1-5H3,(H,29,33)/t20-/m1/s1. The number of carbonyl (C=O) groups excluding carboxylic acids is 1. The molecule has 0 saturated carbocycles. The number of hydrogen-bond donors (Lipinski definition) is 1. The lowest BCUT2D eigenvalue weighted by atomic mass is 10.0. The first-order valence-electron chi connectivity index (χ1n) is 11.9. The Bertz CT molecular complexity index is 1360. The minimum atomic E-state index is -0.540. The van der Waals surface area contributed by atoms with Gasteiger partial charge in [0.1, 0.15) is 11.1 Å². The molecule has 1 saturated heterocycles. The molecule has 1 amide bonds. The van der Waals surface area contributed by atoms with Crippen molar-refractivity contribution < 1.29 is 9.53 Å². The number of benzene rings is 1. The smallest absolute Gasteiger partial charge is 0.407 e. The largest absolute Gasteiger partial charge is 0.444 e. The van der Waals surface area contributed by atoms with Crippen LogP contribution in [0.4, 0.5) is 10.5 Å². The molecule has 35 heavy (non-hydrogen) atoms. The highest BCUT2D eigenvalue weighted by Gasteiger charge is 2.27. The number of amides is 1. The number of nitrogens with one attached hydrogen (secondary N) is 1. The molecule has 9 heteroatoms. The van der Waals surface area contributed by atoms with E-state index in [1.807, 2.05) is 63.6 Å². The number of hydrogen-bond acceptors (Lipinski definition) is 6. The number of carbonyl (C=O) groups is 1. The van der Waals surface area contributed by atoms with Crippen LogP contribution in [-0.2, 0) is 18.3 Å². The molecule has 0 unspecified atom stereocenters. The van der Waals surface area contributed by atoms with Crippen LogP contribution in [0.25, 0.3) is 11.2 Å². The lowest BCUT2D eigenvalue weighted by Gasteiger charge is -2.35. The van der Waals surface area contributed by atoms with Gasteiger partial charge in [0.25, 0.3) is 0 Å². The number of aromatic nitrogens is 3. The van der Waals surface area contributed by atoms with Crippen molar-refractivity contribution >= 4 is 35.2 Å². The highest BCUT2D eigenvalue weighted by molar-refractivity contribution is 7.71. The van der Waals surface area contributed by atoms with Gasteiger partial charge in [-0.3, -0.25) is 0 Å². The summed E-state index contributed by atoms with van der Waals surface area (Å²) in [5.74, 6) is 0. The van der Waals surface area contributed by atoms with Crippen molar-refractivity contribution in [2.45, 2.75) is 58.7 Å². The van der Waals surface area contributed by atoms with Crippen LogP contribution < -0.4 is 10.2 Å². The van der Waals surface area contributed by atoms with E-state index in [1.165, 1.54) is 0 Å². The molecule has 0 aliphatic carbocycles. The summed E-state index contributed by atoms with van der Waals surface area (Å²) >= 11 is 5.82. The summed E-state index contributed by atoms with van der Waals surface area (Å²) in [5, 5.41) is 12.6. The fourth-order valence-corrected chi connectivity index (χ4v) is 4.85. The van der Waals surface area contributed by atoms with Gasteiger partial charge < -0.3 is 24.1 Å². The van der Waals surface area contributed by atoms with Crippen molar-refractivity contribution in [3.05, 3.63) is 51.9 Å². The van der Waals surface area contributed by atoms with Gasteiger partial charge in [0, 0.05) is 31.9 Å². The molecular formula is C26H32N6O2S. The van der Waals surface area contributed by atoms with E-state index >= 15 is 0 Å². The zero-order valence-corrected chi connectivity index (χ0v) is 21.8. The Hall–Kier alpha value is -3.38. The van der Waals surface area contributed by atoms with E-state index in [9.17, 15) is 10.1 Å². The predicted molar refractivity (Wildman–Crippen MR) is 139 cm³/mol. The van der Waals surface area contributed by atoms with Crippen molar-refractivity contribution in [2.75, 3.05) is 18.0 Å². The number of piperidine rings is 1. The number of aryl methyl sites for hydroxylation is 2. The van der Waals surface area contributed by atoms with Crippen molar-refractivity contribution in [1.82, 2.24) is 19.4 Å². The third-order valence-corrected chi connectivity index (χ3v) is 6.63. The molecule has 1 atom stereocenters. The maximum absolute atomic E-state index is 12.4. The number of anilines is 1. The molecule has 0 radical (unpaired) electrons. The Morgan fingerprint density at radius 3 is 2.80 bits per heavy atom. The monoisotopic (exact) mass is 492 g/mol. The van der Waals surface area contributed by atoms with Gasteiger partial charge in [0.2, 0.25) is 0 Å². The molecule has 3 heterocycles. The van der Waals surface area contributed by atoms with Crippen LogP contribution in [0.2, 0.25) is 0 Å². The second kappa shape index (κ2) is 9.70. The summed E-state index contributed by atoms with van der Waals surface area (Å²) in [6, 6.07) is 11.9. The molecule has 184 valence electrons. The minimum Gasteiger partial charge on any atom is -0.444 e. The Balaban J connectivity index is 1.72. The summed E-state index contributed by atoms with van der Waals surface area (Å²) in [6.45, 7) is 9.57. The Morgan fingerprint density at radius 2 is 2.09 bits per heavy atom. The van der Waals surface area contributed by atoms with Crippen LogP contribution in [-0.4, -0.2) is 44.9 Å². The fraction of sp³-hybridized carbons (Fsp3) is 0.462. The molecule has 1 fully saturated rings. The van der Waals surface area contributed by atoms with Crippen LogP contribution in [0.5, 0.6) is 0 Å². The summed E-state index contributed by atoms with van der Waals surface area (Å²) in [6.07, 6.45) is 1.43. The lowest BCUT2D eigenvalue weighted by molar-refractivity contribution is 0.0500. The topological polar surface area (TPSA) is 88.1 Å². The van der Waals surface area contributed by atoms with Crippen LogP contribution in [0.3, 0.4) is 0 Å². The van der Waals surface area contributed by atoms with Gasteiger partial charge in [-0.25, -0.2) is 9.78 Å². The van der Waals surface area contributed by atoms with Crippen molar-refractivity contribution in [3.8, 4) is 6.07 Å². The second-order valence-corrected chi connectivity index (χ2v) is 10.4. The van der Waals surface area contributed by atoms with E-state index in [-0.39, 0.29) is 6.04 Å². The summed E-state index contributed by atoms with van der Waals surface area (Å²) < 4.78 is 10.1. The van der Waals surface area contributed by atoms with E-state index in [1.54, 1.807) is 0 Å². The average molecular weight is 493 g/mol. The fourth-order valence-electron chi connectivity index (χ4n) is 4.61. The molecule has 0 bridgehead atoms. The van der Waals surface area contributed by atoms with Crippen LogP contribution >= 0.6 is 12.2 Å². The van der Waals surface area contributed by atoms with Gasteiger partial charge in [0.15, 0.2) is 10.4 Å². The van der Waals surface area contributed by atoms with E-state index in [0.717, 1.165) is 47.5 Å². The SMILES string of the molecule is Cc1cc(N2CCC[C@@H](NC(=O)OC(C)(C)C)C2)c2c(n1)n(C)c(=S)n2Cc1ccccc1C#N. The molecule has 1 aliphatic heterocycles. The Morgan fingerprint density at radius 1 is 1.34 bits per heavy atom. The first-order valence-corrected chi connectivity index (χ1v) is 12.3. The second-order valence-electron chi connectivity index (χ2n) is 10.1. The number of pyridine rings is 1. The number of ether oxygens (including phenoxy) is 1. The molecule has 3 aromatic rings. The van der Waals surface area contributed by atoms with Crippen LogP contribution in [0.1, 0.15) is 50.4 Å². The van der Waals surface area contributed by atoms with E-state index in [0.29, 0.717) is 23.4 Å².